The van der Waals surface area contributed by atoms with Crippen LogP contribution >= 0.6 is 0 Å². The molecule has 0 fully saturated rings. The SMILES string of the molecule is Oc1ccc(-c2cn3c(O)c(Cc4cccc5ccccc45)nc3c(Cc3ccccc3)n2)cc1. The van der Waals surface area contributed by atoms with Gasteiger partial charge in [-0.3, -0.25) is 4.40 Å². The summed E-state index contributed by atoms with van der Waals surface area (Å²) < 4.78 is 1.73. The van der Waals surface area contributed by atoms with Gasteiger partial charge >= 0.3 is 0 Å². The zero-order chi connectivity index (χ0) is 23.8. The van der Waals surface area contributed by atoms with E-state index >= 15 is 0 Å². The van der Waals surface area contributed by atoms with E-state index in [-0.39, 0.29) is 11.6 Å². The summed E-state index contributed by atoms with van der Waals surface area (Å²) in [6, 6.07) is 31.5. The highest BCUT2D eigenvalue weighted by Gasteiger charge is 2.18. The fourth-order valence-corrected chi connectivity index (χ4v) is 4.57. The lowest BCUT2D eigenvalue weighted by Gasteiger charge is -2.08. The van der Waals surface area contributed by atoms with E-state index in [1.807, 2.05) is 54.7 Å². The molecular weight excluding hydrogens is 434 g/mol. The minimum Gasteiger partial charge on any atom is -0.508 e. The lowest BCUT2D eigenvalue weighted by atomic mass is 10.0. The topological polar surface area (TPSA) is 70.7 Å². The maximum absolute atomic E-state index is 11.3. The van der Waals surface area contributed by atoms with Gasteiger partial charge in [0.15, 0.2) is 5.65 Å². The van der Waals surface area contributed by atoms with Crippen LogP contribution in [-0.4, -0.2) is 24.6 Å². The lowest BCUT2D eigenvalue weighted by Crippen LogP contribution is -2.00. The number of phenols is 1. The van der Waals surface area contributed by atoms with Crippen LogP contribution in [0.1, 0.15) is 22.5 Å². The molecule has 170 valence electrons. The molecule has 0 spiro atoms. The van der Waals surface area contributed by atoms with Gasteiger partial charge < -0.3 is 10.2 Å². The second-order valence-corrected chi connectivity index (χ2v) is 8.67. The van der Waals surface area contributed by atoms with Crippen LogP contribution in [0.25, 0.3) is 27.7 Å². The van der Waals surface area contributed by atoms with Crippen LogP contribution in [0.2, 0.25) is 0 Å². The number of hydrogen-bond donors (Lipinski definition) is 2. The number of aromatic nitrogens is 3. The van der Waals surface area contributed by atoms with Gasteiger partial charge in [-0.05, 0) is 46.2 Å². The van der Waals surface area contributed by atoms with E-state index in [0.29, 0.717) is 29.9 Å². The number of nitrogens with zero attached hydrogens (tertiary/aromatic N) is 3. The Balaban J connectivity index is 1.50. The maximum Gasteiger partial charge on any atom is 0.219 e. The molecule has 5 heteroatoms. The Hall–Kier alpha value is -4.64. The first-order valence-electron chi connectivity index (χ1n) is 11.6. The summed E-state index contributed by atoms with van der Waals surface area (Å²) in [6.07, 6.45) is 2.90. The Labute approximate surface area is 202 Å². The molecule has 0 aliphatic rings. The van der Waals surface area contributed by atoms with Gasteiger partial charge in [0.05, 0.1) is 11.4 Å². The van der Waals surface area contributed by atoms with Gasteiger partial charge in [-0.1, -0.05) is 72.8 Å². The van der Waals surface area contributed by atoms with E-state index in [9.17, 15) is 10.2 Å². The molecule has 2 aromatic heterocycles. The molecule has 0 saturated carbocycles. The van der Waals surface area contributed by atoms with Crippen molar-refractivity contribution in [3.8, 4) is 22.9 Å². The first kappa shape index (κ1) is 20.9. The Bertz CT molecular complexity index is 1650. The molecule has 0 aliphatic carbocycles. The van der Waals surface area contributed by atoms with E-state index in [4.69, 9.17) is 9.97 Å². The van der Waals surface area contributed by atoms with Crippen molar-refractivity contribution in [3.63, 3.8) is 0 Å². The van der Waals surface area contributed by atoms with Crippen molar-refractivity contribution in [3.05, 3.63) is 126 Å². The number of rotatable bonds is 5. The zero-order valence-electron chi connectivity index (χ0n) is 19.0. The van der Waals surface area contributed by atoms with Crippen molar-refractivity contribution in [1.29, 1.82) is 0 Å². The molecule has 2 heterocycles. The molecule has 0 atom stereocenters. The first-order chi connectivity index (χ1) is 17.2. The molecule has 0 saturated heterocycles. The van der Waals surface area contributed by atoms with Crippen LogP contribution in [0.3, 0.4) is 0 Å². The van der Waals surface area contributed by atoms with E-state index < -0.39 is 0 Å². The minimum absolute atomic E-state index is 0.115. The van der Waals surface area contributed by atoms with Gasteiger partial charge in [-0.25, -0.2) is 9.97 Å². The molecule has 0 amide bonds. The molecule has 0 radical (unpaired) electrons. The van der Waals surface area contributed by atoms with Gasteiger partial charge in [0, 0.05) is 24.6 Å². The molecule has 0 bridgehead atoms. The second kappa shape index (κ2) is 8.61. The Kier molecular flexibility index (Phi) is 5.15. The van der Waals surface area contributed by atoms with Crippen LogP contribution < -0.4 is 0 Å². The van der Waals surface area contributed by atoms with Crippen LogP contribution in [0.4, 0.5) is 0 Å². The van der Waals surface area contributed by atoms with Crippen molar-refractivity contribution in [1.82, 2.24) is 14.4 Å². The number of phenolic OH excluding ortho intramolecular Hbond substituents is 1. The zero-order valence-corrected chi connectivity index (χ0v) is 19.0. The smallest absolute Gasteiger partial charge is 0.219 e. The normalized spacial score (nSPS) is 11.3. The van der Waals surface area contributed by atoms with Gasteiger partial charge in [0.1, 0.15) is 11.4 Å². The molecule has 6 rings (SSSR count). The summed E-state index contributed by atoms with van der Waals surface area (Å²) in [5.74, 6) is 0.312. The van der Waals surface area contributed by atoms with Gasteiger partial charge in [-0.2, -0.15) is 0 Å². The van der Waals surface area contributed by atoms with Crippen molar-refractivity contribution in [2.75, 3.05) is 0 Å². The van der Waals surface area contributed by atoms with E-state index in [2.05, 4.69) is 36.4 Å². The first-order valence-corrected chi connectivity index (χ1v) is 11.6. The molecule has 0 unspecified atom stereocenters. The summed E-state index contributed by atoms with van der Waals surface area (Å²) in [5.41, 5.74) is 5.81. The average molecular weight is 458 g/mol. The summed E-state index contributed by atoms with van der Waals surface area (Å²) in [4.78, 5) is 9.80. The molecule has 5 nitrogen and oxygen atoms in total. The Morgan fingerprint density at radius 1 is 0.657 bits per heavy atom. The minimum atomic E-state index is 0.115. The summed E-state index contributed by atoms with van der Waals surface area (Å²) >= 11 is 0. The highest BCUT2D eigenvalue weighted by molar-refractivity contribution is 5.86. The van der Waals surface area contributed by atoms with E-state index in [1.165, 1.54) is 0 Å². The van der Waals surface area contributed by atoms with Crippen molar-refractivity contribution in [2.45, 2.75) is 12.8 Å². The number of hydrogen-bond acceptors (Lipinski definition) is 4. The molecule has 4 aromatic carbocycles. The van der Waals surface area contributed by atoms with Gasteiger partial charge in [0.2, 0.25) is 5.88 Å². The summed E-state index contributed by atoms with van der Waals surface area (Å²) in [5, 5.41) is 23.3. The molecule has 0 aliphatic heterocycles. The van der Waals surface area contributed by atoms with Crippen molar-refractivity contribution < 1.29 is 10.2 Å². The van der Waals surface area contributed by atoms with Gasteiger partial charge in [0.25, 0.3) is 0 Å². The number of benzene rings is 4. The Morgan fingerprint density at radius 2 is 1.40 bits per heavy atom. The summed E-state index contributed by atoms with van der Waals surface area (Å²) in [7, 11) is 0. The maximum atomic E-state index is 11.3. The van der Waals surface area contributed by atoms with Crippen LogP contribution in [0, 0.1) is 0 Å². The van der Waals surface area contributed by atoms with E-state index in [1.54, 1.807) is 16.5 Å². The molecular formula is C30H23N3O2. The quantitative estimate of drug-likeness (QED) is 0.326. The van der Waals surface area contributed by atoms with Crippen LogP contribution in [0.15, 0.2) is 103 Å². The largest absolute Gasteiger partial charge is 0.508 e. The predicted octanol–water partition coefficient (Wildman–Crippen LogP) is 6.14. The fraction of sp³-hybridized carbons (Fsp3) is 0.0667. The molecule has 6 aromatic rings. The van der Waals surface area contributed by atoms with Gasteiger partial charge in [-0.15, -0.1) is 0 Å². The number of fused-ring (bicyclic) bond motifs is 2. The lowest BCUT2D eigenvalue weighted by molar-refractivity contribution is 0.442. The van der Waals surface area contributed by atoms with Crippen LogP contribution in [0.5, 0.6) is 11.6 Å². The fourth-order valence-electron chi connectivity index (χ4n) is 4.57. The second-order valence-electron chi connectivity index (χ2n) is 8.67. The third kappa shape index (κ3) is 3.97. The standard InChI is InChI=1S/C30H23N3O2/c34-24-15-13-22(14-16-24)28-19-33-29(26(31-28)17-20-7-2-1-3-8-20)32-27(30(33)35)18-23-11-6-10-21-9-4-5-12-25(21)23/h1-16,19,34-35H,17-18H2. The van der Waals surface area contributed by atoms with Crippen molar-refractivity contribution >= 4 is 16.4 Å². The molecule has 2 N–H and O–H groups in total. The monoisotopic (exact) mass is 457 g/mol. The average Bonchev–Trinajstić information content (AvgIpc) is 3.21. The third-order valence-electron chi connectivity index (χ3n) is 6.34. The number of aromatic hydroxyl groups is 2. The predicted molar refractivity (Wildman–Crippen MR) is 138 cm³/mol. The highest BCUT2D eigenvalue weighted by atomic mass is 16.3. The third-order valence-corrected chi connectivity index (χ3v) is 6.34. The van der Waals surface area contributed by atoms with Crippen LogP contribution in [-0.2, 0) is 12.8 Å². The van der Waals surface area contributed by atoms with E-state index in [0.717, 1.165) is 33.2 Å². The molecule has 35 heavy (non-hydrogen) atoms. The van der Waals surface area contributed by atoms with Crippen molar-refractivity contribution in [2.24, 2.45) is 0 Å². The highest BCUT2D eigenvalue weighted by Crippen LogP contribution is 2.30. The number of imidazole rings is 1. The summed E-state index contributed by atoms with van der Waals surface area (Å²) in [6.45, 7) is 0. The Morgan fingerprint density at radius 3 is 2.23 bits per heavy atom.